The molecular weight excluding hydrogens is 368 g/mol. The van der Waals surface area contributed by atoms with Crippen LogP contribution in [0.1, 0.15) is 50.7 Å². The molecule has 0 aliphatic carbocycles. The number of amides is 1. The standard InChI is InChI=1S/C22H28N4O3/c1-22(2,21(28)29)17-9-6-16(7-10-17)8-11-20(27)25-18-14-23-15-19(24-18)26-12-4-3-5-13-26/h6-7,9-10,14-15H,3-5,8,11-13H2,1-2H3,(H,28,29)(H,24,25,27). The molecule has 29 heavy (non-hydrogen) atoms. The van der Waals surface area contributed by atoms with Gasteiger partial charge in [0.15, 0.2) is 5.82 Å². The second-order valence-corrected chi connectivity index (χ2v) is 7.99. The number of piperidine rings is 1. The minimum Gasteiger partial charge on any atom is -0.481 e. The van der Waals surface area contributed by atoms with E-state index in [-0.39, 0.29) is 5.91 Å². The predicted octanol–water partition coefficient (Wildman–Crippen LogP) is 3.40. The summed E-state index contributed by atoms with van der Waals surface area (Å²) in [5.41, 5.74) is 0.787. The summed E-state index contributed by atoms with van der Waals surface area (Å²) in [5.74, 6) is 0.290. The van der Waals surface area contributed by atoms with Crippen LogP contribution in [0.2, 0.25) is 0 Å². The molecule has 7 heteroatoms. The lowest BCUT2D eigenvalue weighted by atomic mass is 9.84. The Bertz CT molecular complexity index is 859. The first-order chi connectivity index (χ1) is 13.9. The van der Waals surface area contributed by atoms with Crippen molar-refractivity contribution in [1.82, 2.24) is 9.97 Å². The van der Waals surface area contributed by atoms with Crippen molar-refractivity contribution >= 4 is 23.5 Å². The molecule has 0 radical (unpaired) electrons. The van der Waals surface area contributed by atoms with Gasteiger partial charge in [0.2, 0.25) is 5.91 Å². The molecule has 0 saturated carbocycles. The quantitative estimate of drug-likeness (QED) is 0.745. The third kappa shape index (κ3) is 5.31. The minimum absolute atomic E-state index is 0.120. The molecule has 0 bridgehead atoms. The Morgan fingerprint density at radius 3 is 2.45 bits per heavy atom. The third-order valence-corrected chi connectivity index (χ3v) is 5.42. The summed E-state index contributed by atoms with van der Waals surface area (Å²) < 4.78 is 0. The molecule has 1 amide bonds. The highest BCUT2D eigenvalue weighted by molar-refractivity contribution is 5.89. The molecule has 2 heterocycles. The van der Waals surface area contributed by atoms with E-state index in [1.54, 1.807) is 26.2 Å². The van der Waals surface area contributed by atoms with E-state index < -0.39 is 11.4 Å². The van der Waals surface area contributed by atoms with Crippen molar-refractivity contribution in [3.05, 3.63) is 47.8 Å². The minimum atomic E-state index is -0.937. The summed E-state index contributed by atoms with van der Waals surface area (Å²) in [5, 5.41) is 12.1. The van der Waals surface area contributed by atoms with E-state index in [2.05, 4.69) is 20.2 Å². The number of nitrogens with one attached hydrogen (secondary N) is 1. The first-order valence-electron chi connectivity index (χ1n) is 10.1. The zero-order chi connectivity index (χ0) is 20.9. The van der Waals surface area contributed by atoms with Gasteiger partial charge in [-0.1, -0.05) is 24.3 Å². The number of anilines is 2. The Hall–Kier alpha value is -2.96. The van der Waals surface area contributed by atoms with Crippen LogP contribution < -0.4 is 10.2 Å². The van der Waals surface area contributed by atoms with Crippen molar-refractivity contribution < 1.29 is 14.7 Å². The van der Waals surface area contributed by atoms with Crippen LogP contribution >= 0.6 is 0 Å². The van der Waals surface area contributed by atoms with E-state index in [9.17, 15) is 14.7 Å². The van der Waals surface area contributed by atoms with Gasteiger partial charge < -0.3 is 15.3 Å². The Morgan fingerprint density at radius 2 is 1.79 bits per heavy atom. The summed E-state index contributed by atoms with van der Waals surface area (Å²) in [6.07, 6.45) is 7.74. The van der Waals surface area contributed by atoms with Crippen molar-refractivity contribution in [2.24, 2.45) is 0 Å². The fourth-order valence-electron chi connectivity index (χ4n) is 3.37. The van der Waals surface area contributed by atoms with E-state index in [4.69, 9.17) is 0 Å². The number of hydrogen-bond acceptors (Lipinski definition) is 5. The SMILES string of the molecule is CC(C)(C(=O)O)c1ccc(CCC(=O)Nc2cncc(N3CCCCC3)n2)cc1. The monoisotopic (exact) mass is 396 g/mol. The predicted molar refractivity (Wildman–Crippen MR) is 112 cm³/mol. The number of rotatable bonds is 7. The van der Waals surface area contributed by atoms with Gasteiger partial charge in [-0.2, -0.15) is 0 Å². The van der Waals surface area contributed by atoms with E-state index in [1.807, 2.05) is 24.3 Å². The van der Waals surface area contributed by atoms with Gasteiger partial charge in [-0.15, -0.1) is 0 Å². The molecule has 3 rings (SSSR count). The largest absolute Gasteiger partial charge is 0.481 e. The molecule has 7 nitrogen and oxygen atoms in total. The Labute approximate surface area is 171 Å². The van der Waals surface area contributed by atoms with Gasteiger partial charge in [0.1, 0.15) is 5.82 Å². The molecule has 2 N–H and O–H groups in total. The zero-order valence-corrected chi connectivity index (χ0v) is 17.0. The number of aromatic nitrogens is 2. The zero-order valence-electron chi connectivity index (χ0n) is 17.0. The number of carbonyl (C=O) groups excluding carboxylic acids is 1. The molecule has 1 saturated heterocycles. The van der Waals surface area contributed by atoms with Crippen LogP contribution in [0.4, 0.5) is 11.6 Å². The summed E-state index contributed by atoms with van der Waals surface area (Å²) in [6.45, 7) is 5.30. The number of carbonyl (C=O) groups is 2. The first-order valence-corrected chi connectivity index (χ1v) is 10.1. The summed E-state index contributed by atoms with van der Waals surface area (Å²) in [4.78, 5) is 34.6. The van der Waals surface area contributed by atoms with E-state index >= 15 is 0 Å². The highest BCUT2D eigenvalue weighted by atomic mass is 16.4. The number of carboxylic acid groups (broad SMARTS) is 1. The molecule has 1 fully saturated rings. The van der Waals surface area contributed by atoms with Crippen LogP contribution in [-0.2, 0) is 21.4 Å². The second-order valence-electron chi connectivity index (χ2n) is 7.99. The molecule has 0 unspecified atom stereocenters. The number of benzene rings is 1. The first kappa shape index (κ1) is 20.8. The molecule has 2 aromatic rings. The van der Waals surface area contributed by atoms with Crippen LogP contribution in [0.15, 0.2) is 36.7 Å². The van der Waals surface area contributed by atoms with Crippen molar-refractivity contribution in [3.8, 4) is 0 Å². The maximum Gasteiger partial charge on any atom is 0.313 e. The van der Waals surface area contributed by atoms with Crippen LogP contribution in [-0.4, -0.2) is 40.0 Å². The van der Waals surface area contributed by atoms with Crippen LogP contribution in [0.3, 0.4) is 0 Å². The average molecular weight is 396 g/mol. The van der Waals surface area contributed by atoms with E-state index in [0.29, 0.717) is 18.7 Å². The number of aryl methyl sites for hydroxylation is 1. The Kier molecular flexibility index (Phi) is 6.46. The number of hydrogen-bond donors (Lipinski definition) is 2. The molecule has 1 aliphatic heterocycles. The fourth-order valence-corrected chi connectivity index (χ4v) is 3.37. The van der Waals surface area contributed by atoms with E-state index in [1.165, 1.54) is 6.42 Å². The topological polar surface area (TPSA) is 95.4 Å². The summed E-state index contributed by atoms with van der Waals surface area (Å²) in [6, 6.07) is 7.39. The van der Waals surface area contributed by atoms with Crippen molar-refractivity contribution in [2.75, 3.05) is 23.3 Å². The van der Waals surface area contributed by atoms with Gasteiger partial charge in [0.25, 0.3) is 0 Å². The van der Waals surface area contributed by atoms with Crippen LogP contribution in [0, 0.1) is 0 Å². The van der Waals surface area contributed by atoms with Gasteiger partial charge in [0.05, 0.1) is 17.8 Å². The third-order valence-electron chi connectivity index (χ3n) is 5.42. The van der Waals surface area contributed by atoms with Crippen molar-refractivity contribution in [1.29, 1.82) is 0 Å². The lowest BCUT2D eigenvalue weighted by Gasteiger charge is -2.27. The Balaban J connectivity index is 1.54. The van der Waals surface area contributed by atoms with Gasteiger partial charge >= 0.3 is 5.97 Å². The van der Waals surface area contributed by atoms with Gasteiger partial charge in [-0.3, -0.25) is 14.6 Å². The lowest BCUT2D eigenvalue weighted by molar-refractivity contribution is -0.142. The highest BCUT2D eigenvalue weighted by Crippen LogP contribution is 2.24. The average Bonchev–Trinajstić information content (AvgIpc) is 2.73. The Morgan fingerprint density at radius 1 is 1.10 bits per heavy atom. The molecule has 1 aromatic carbocycles. The maximum atomic E-state index is 12.3. The highest BCUT2D eigenvalue weighted by Gasteiger charge is 2.29. The normalized spacial score (nSPS) is 14.5. The van der Waals surface area contributed by atoms with Crippen molar-refractivity contribution in [2.45, 2.75) is 51.4 Å². The van der Waals surface area contributed by atoms with Gasteiger partial charge in [-0.25, -0.2) is 4.98 Å². The summed E-state index contributed by atoms with van der Waals surface area (Å²) in [7, 11) is 0. The lowest BCUT2D eigenvalue weighted by Crippen LogP contribution is -2.30. The molecule has 0 spiro atoms. The van der Waals surface area contributed by atoms with Crippen LogP contribution in [0.25, 0.3) is 0 Å². The molecule has 0 atom stereocenters. The second kappa shape index (κ2) is 9.03. The number of nitrogens with zero attached hydrogens (tertiary/aromatic N) is 3. The number of carboxylic acids is 1. The fraction of sp³-hybridized carbons (Fsp3) is 0.455. The summed E-state index contributed by atoms with van der Waals surface area (Å²) >= 11 is 0. The van der Waals surface area contributed by atoms with Crippen LogP contribution in [0.5, 0.6) is 0 Å². The molecule has 1 aromatic heterocycles. The molecule has 154 valence electrons. The maximum absolute atomic E-state index is 12.3. The van der Waals surface area contributed by atoms with Gasteiger partial charge in [-0.05, 0) is 50.7 Å². The number of aliphatic carboxylic acids is 1. The van der Waals surface area contributed by atoms with E-state index in [0.717, 1.165) is 42.9 Å². The van der Waals surface area contributed by atoms with Crippen molar-refractivity contribution in [3.63, 3.8) is 0 Å². The molecular formula is C22H28N4O3. The molecule has 1 aliphatic rings. The van der Waals surface area contributed by atoms with Gasteiger partial charge in [0, 0.05) is 19.5 Å². The smallest absolute Gasteiger partial charge is 0.313 e.